The number of nitrogens with zero attached hydrogens (tertiary/aromatic N) is 2. The van der Waals surface area contributed by atoms with E-state index in [1.807, 2.05) is 23.2 Å². The van der Waals surface area contributed by atoms with E-state index in [0.717, 1.165) is 6.54 Å². The summed E-state index contributed by atoms with van der Waals surface area (Å²) in [7, 11) is 0. The third-order valence-electron chi connectivity index (χ3n) is 2.38. The van der Waals surface area contributed by atoms with Crippen LogP contribution < -0.4 is 10.5 Å². The lowest BCUT2D eigenvalue weighted by molar-refractivity contribution is 0.377. The zero-order valence-electron chi connectivity index (χ0n) is 7.22. The van der Waals surface area contributed by atoms with Crippen LogP contribution in [0.4, 0.5) is 5.69 Å². The fourth-order valence-corrected chi connectivity index (χ4v) is 1.52. The molecular formula is C10H11N3. The molecule has 3 nitrogen and oxygen atoms in total. The standard InChI is InChI=1S/C10H11N3/c1-2-4-9(5-3-1)12-7-6-10-8-13(10)11-12/h1-7,10-11H,8H2. The van der Waals surface area contributed by atoms with Crippen LogP contribution in [0.1, 0.15) is 0 Å². The number of fused-ring (bicyclic) bond motifs is 1. The number of anilines is 1. The summed E-state index contributed by atoms with van der Waals surface area (Å²) in [6.45, 7) is 1.12. The Labute approximate surface area is 77.2 Å². The van der Waals surface area contributed by atoms with Crippen LogP contribution in [0.5, 0.6) is 0 Å². The first-order valence-corrected chi connectivity index (χ1v) is 4.49. The summed E-state index contributed by atoms with van der Waals surface area (Å²) >= 11 is 0. The minimum atomic E-state index is 0.625. The second-order valence-corrected chi connectivity index (χ2v) is 3.37. The van der Waals surface area contributed by atoms with Gasteiger partial charge in [0, 0.05) is 12.7 Å². The number of hydrogen-bond donors (Lipinski definition) is 1. The van der Waals surface area contributed by atoms with E-state index in [1.165, 1.54) is 5.69 Å². The fraction of sp³-hybridized carbons (Fsp3) is 0.200. The normalized spacial score (nSPS) is 30.0. The fourth-order valence-electron chi connectivity index (χ4n) is 1.52. The summed E-state index contributed by atoms with van der Waals surface area (Å²) in [5, 5.41) is 4.22. The average Bonchev–Trinajstić information content (AvgIpc) is 2.96. The molecule has 2 atom stereocenters. The molecule has 1 fully saturated rings. The predicted octanol–water partition coefficient (Wildman–Crippen LogP) is 1.12. The third kappa shape index (κ3) is 1.22. The molecule has 1 N–H and O–H groups in total. The Morgan fingerprint density at radius 3 is 2.85 bits per heavy atom. The third-order valence-corrected chi connectivity index (χ3v) is 2.38. The molecule has 0 aromatic heterocycles. The minimum Gasteiger partial charge on any atom is -0.271 e. The van der Waals surface area contributed by atoms with E-state index < -0.39 is 0 Å². The van der Waals surface area contributed by atoms with Gasteiger partial charge in [0.1, 0.15) is 0 Å². The van der Waals surface area contributed by atoms with Crippen molar-refractivity contribution in [1.29, 1.82) is 0 Å². The second kappa shape index (κ2) is 2.58. The maximum Gasteiger partial charge on any atom is 0.0601 e. The summed E-state index contributed by atoms with van der Waals surface area (Å²) in [5.41, 5.74) is 4.46. The molecule has 66 valence electrons. The zero-order chi connectivity index (χ0) is 8.67. The van der Waals surface area contributed by atoms with E-state index in [1.54, 1.807) is 0 Å². The molecule has 3 heteroatoms. The van der Waals surface area contributed by atoms with Crippen molar-refractivity contribution in [1.82, 2.24) is 10.5 Å². The maximum absolute atomic E-state index is 3.29. The second-order valence-electron chi connectivity index (χ2n) is 3.37. The average molecular weight is 173 g/mol. The maximum atomic E-state index is 3.29. The van der Waals surface area contributed by atoms with Gasteiger partial charge < -0.3 is 0 Å². The van der Waals surface area contributed by atoms with Crippen molar-refractivity contribution in [3.63, 3.8) is 0 Å². The van der Waals surface area contributed by atoms with Crippen molar-refractivity contribution in [2.45, 2.75) is 6.04 Å². The predicted molar refractivity (Wildman–Crippen MR) is 51.7 cm³/mol. The van der Waals surface area contributed by atoms with Crippen molar-refractivity contribution < 1.29 is 0 Å². The number of rotatable bonds is 1. The summed E-state index contributed by atoms with van der Waals surface area (Å²) < 4.78 is 0. The van der Waals surface area contributed by atoms with Crippen LogP contribution in [0.25, 0.3) is 0 Å². The molecule has 2 aliphatic rings. The molecule has 0 bridgehead atoms. The van der Waals surface area contributed by atoms with Gasteiger partial charge in [-0.15, -0.1) is 0 Å². The molecule has 1 aromatic carbocycles. The molecule has 1 aromatic rings. The molecule has 2 aliphatic heterocycles. The molecule has 1 saturated heterocycles. The monoisotopic (exact) mass is 173 g/mol. The Hall–Kier alpha value is -1.32. The van der Waals surface area contributed by atoms with Crippen LogP contribution in [0, 0.1) is 0 Å². The molecule has 2 unspecified atom stereocenters. The van der Waals surface area contributed by atoms with Gasteiger partial charge in [0.05, 0.1) is 11.7 Å². The van der Waals surface area contributed by atoms with Crippen LogP contribution in [0.3, 0.4) is 0 Å². The lowest BCUT2D eigenvalue weighted by Gasteiger charge is -2.24. The molecule has 13 heavy (non-hydrogen) atoms. The van der Waals surface area contributed by atoms with Gasteiger partial charge in [-0.05, 0) is 18.2 Å². The van der Waals surface area contributed by atoms with E-state index in [4.69, 9.17) is 0 Å². The Morgan fingerprint density at radius 1 is 1.23 bits per heavy atom. The van der Waals surface area contributed by atoms with Gasteiger partial charge in [-0.25, -0.2) is 5.01 Å². The van der Waals surface area contributed by atoms with Gasteiger partial charge >= 0.3 is 0 Å². The number of hydrogen-bond acceptors (Lipinski definition) is 3. The van der Waals surface area contributed by atoms with E-state index in [0.29, 0.717) is 6.04 Å². The summed E-state index contributed by atoms with van der Waals surface area (Å²) in [6.07, 6.45) is 4.30. The van der Waals surface area contributed by atoms with Gasteiger partial charge in [-0.1, -0.05) is 18.2 Å². The summed E-state index contributed by atoms with van der Waals surface area (Å²) in [6, 6.07) is 10.9. The molecular weight excluding hydrogens is 162 g/mol. The van der Waals surface area contributed by atoms with Gasteiger partial charge in [0.15, 0.2) is 0 Å². The topological polar surface area (TPSA) is 18.3 Å². The molecule has 0 aliphatic carbocycles. The highest BCUT2D eigenvalue weighted by molar-refractivity contribution is 5.48. The van der Waals surface area contributed by atoms with Gasteiger partial charge in [0.25, 0.3) is 0 Å². The largest absolute Gasteiger partial charge is 0.271 e. The van der Waals surface area contributed by atoms with Crippen molar-refractivity contribution in [2.75, 3.05) is 11.6 Å². The van der Waals surface area contributed by atoms with Gasteiger partial charge in [-0.3, -0.25) is 5.01 Å². The van der Waals surface area contributed by atoms with Crippen molar-refractivity contribution >= 4 is 5.69 Å². The number of nitrogens with one attached hydrogen (secondary N) is 1. The minimum absolute atomic E-state index is 0.625. The Kier molecular flexibility index (Phi) is 1.41. The highest BCUT2D eigenvalue weighted by Crippen LogP contribution is 2.23. The quantitative estimate of drug-likeness (QED) is 0.642. The molecule has 0 spiro atoms. The highest BCUT2D eigenvalue weighted by atomic mass is 15.8. The number of hydrazine groups is 2. The van der Waals surface area contributed by atoms with E-state index in [2.05, 4.69) is 35.0 Å². The molecule has 3 rings (SSSR count). The van der Waals surface area contributed by atoms with Gasteiger partial charge in [-0.2, -0.15) is 5.53 Å². The lowest BCUT2D eigenvalue weighted by Crippen LogP contribution is -2.40. The van der Waals surface area contributed by atoms with Crippen LogP contribution >= 0.6 is 0 Å². The summed E-state index contributed by atoms with van der Waals surface area (Å²) in [4.78, 5) is 0. The first-order valence-electron chi connectivity index (χ1n) is 4.49. The smallest absolute Gasteiger partial charge is 0.0601 e. The van der Waals surface area contributed by atoms with E-state index in [-0.39, 0.29) is 0 Å². The molecule has 0 amide bonds. The SMILES string of the molecule is C1=CN(c2ccccc2)NN2CC12. The first-order chi connectivity index (χ1) is 6.43. The molecule has 0 saturated carbocycles. The van der Waals surface area contributed by atoms with Crippen LogP contribution in [-0.2, 0) is 0 Å². The van der Waals surface area contributed by atoms with Gasteiger partial charge in [0.2, 0.25) is 0 Å². The highest BCUT2D eigenvalue weighted by Gasteiger charge is 2.35. The summed E-state index contributed by atoms with van der Waals surface area (Å²) in [5.74, 6) is 0. The Balaban J connectivity index is 1.86. The number of para-hydroxylation sites is 1. The zero-order valence-corrected chi connectivity index (χ0v) is 7.22. The van der Waals surface area contributed by atoms with Crippen LogP contribution in [-0.4, -0.2) is 17.6 Å². The van der Waals surface area contributed by atoms with Crippen LogP contribution in [0.2, 0.25) is 0 Å². The Morgan fingerprint density at radius 2 is 2.08 bits per heavy atom. The van der Waals surface area contributed by atoms with E-state index >= 15 is 0 Å². The first kappa shape index (κ1) is 7.12. The number of benzene rings is 1. The van der Waals surface area contributed by atoms with E-state index in [9.17, 15) is 0 Å². The Bertz CT molecular complexity index is 333. The lowest BCUT2D eigenvalue weighted by atomic mass is 10.3. The van der Waals surface area contributed by atoms with Crippen LogP contribution in [0.15, 0.2) is 42.6 Å². The molecule has 2 heterocycles. The van der Waals surface area contributed by atoms with Crippen molar-refractivity contribution in [3.05, 3.63) is 42.6 Å². The van der Waals surface area contributed by atoms with Crippen molar-refractivity contribution in [3.8, 4) is 0 Å². The molecule has 0 radical (unpaired) electrons. The van der Waals surface area contributed by atoms with Crippen molar-refractivity contribution in [2.24, 2.45) is 0 Å².